The van der Waals surface area contributed by atoms with Crippen LogP contribution in [0.5, 0.6) is 0 Å². The fourth-order valence-corrected chi connectivity index (χ4v) is 4.93. The fourth-order valence-electron chi connectivity index (χ4n) is 3.62. The Bertz CT molecular complexity index is 341. The van der Waals surface area contributed by atoms with E-state index in [-0.39, 0.29) is 0 Å². The van der Waals surface area contributed by atoms with Crippen LogP contribution in [0.25, 0.3) is 0 Å². The number of nitrogens with zero attached hydrogens (tertiary/aromatic N) is 2. The molecule has 1 saturated carbocycles. The van der Waals surface area contributed by atoms with E-state index in [4.69, 9.17) is 10.7 Å². The van der Waals surface area contributed by atoms with Gasteiger partial charge in [-0.2, -0.15) is 11.8 Å². The van der Waals surface area contributed by atoms with Gasteiger partial charge in [-0.05, 0) is 60.9 Å². The Morgan fingerprint density at radius 1 is 1.32 bits per heavy atom. The third kappa shape index (κ3) is 3.04. The van der Waals surface area contributed by atoms with Crippen molar-refractivity contribution in [3.05, 3.63) is 0 Å². The van der Waals surface area contributed by atoms with Gasteiger partial charge in [0.25, 0.3) is 0 Å². The van der Waals surface area contributed by atoms with Gasteiger partial charge < -0.3 is 10.6 Å². The average Bonchev–Trinajstić information content (AvgIpc) is 3.10. The predicted octanol–water partition coefficient (Wildman–Crippen LogP) is 2.57. The van der Waals surface area contributed by atoms with Crippen molar-refractivity contribution < 1.29 is 0 Å². The number of rotatable bonds is 2. The van der Waals surface area contributed by atoms with Crippen LogP contribution in [0.1, 0.15) is 39.0 Å². The van der Waals surface area contributed by atoms with Crippen LogP contribution in [0.15, 0.2) is 4.99 Å². The van der Waals surface area contributed by atoms with E-state index in [9.17, 15) is 0 Å². The third-order valence-electron chi connectivity index (χ3n) is 5.43. The maximum absolute atomic E-state index is 6.16. The SMILES string of the molecule is CC1CCN(C(N)=NCC2CC23CCSCC3)CC1. The highest BCUT2D eigenvalue weighted by Gasteiger charge is 2.53. The Kier molecular flexibility index (Phi) is 3.97. The Morgan fingerprint density at radius 2 is 2.00 bits per heavy atom. The third-order valence-corrected chi connectivity index (χ3v) is 6.41. The minimum atomic E-state index is 0.672. The first-order valence-electron chi connectivity index (χ1n) is 7.82. The molecule has 3 rings (SSSR count). The second-order valence-electron chi connectivity index (χ2n) is 6.74. The number of guanidine groups is 1. The van der Waals surface area contributed by atoms with Crippen LogP contribution in [-0.2, 0) is 0 Å². The molecule has 19 heavy (non-hydrogen) atoms. The second-order valence-corrected chi connectivity index (χ2v) is 7.97. The molecule has 0 aromatic rings. The molecular weight excluding hydrogens is 254 g/mol. The standard InChI is InChI=1S/C15H27N3S/c1-12-2-6-18(7-3-12)14(16)17-11-13-10-15(13)4-8-19-9-5-15/h12-13H,2-11H2,1H3,(H2,16,17). The van der Waals surface area contributed by atoms with Crippen molar-refractivity contribution in [2.45, 2.75) is 39.0 Å². The first kappa shape index (κ1) is 13.6. The lowest BCUT2D eigenvalue weighted by Gasteiger charge is -2.31. The highest BCUT2D eigenvalue weighted by atomic mass is 32.2. The number of piperidine rings is 1. The summed E-state index contributed by atoms with van der Waals surface area (Å²) < 4.78 is 0. The normalized spacial score (nSPS) is 31.7. The molecular formula is C15H27N3S. The van der Waals surface area contributed by atoms with Crippen LogP contribution >= 0.6 is 11.8 Å². The summed E-state index contributed by atoms with van der Waals surface area (Å²) in [6.45, 7) is 5.51. The Morgan fingerprint density at radius 3 is 2.68 bits per heavy atom. The van der Waals surface area contributed by atoms with Crippen LogP contribution < -0.4 is 5.73 Å². The van der Waals surface area contributed by atoms with Crippen LogP contribution in [-0.4, -0.2) is 42.0 Å². The molecule has 1 unspecified atom stereocenters. The molecule has 2 aliphatic heterocycles. The lowest BCUT2D eigenvalue weighted by molar-refractivity contribution is 0.277. The quantitative estimate of drug-likeness (QED) is 0.625. The fraction of sp³-hybridized carbons (Fsp3) is 0.933. The lowest BCUT2D eigenvalue weighted by Crippen LogP contribution is -2.42. The first-order valence-corrected chi connectivity index (χ1v) is 8.98. The van der Waals surface area contributed by atoms with E-state index in [2.05, 4.69) is 23.6 Å². The topological polar surface area (TPSA) is 41.6 Å². The van der Waals surface area contributed by atoms with Crippen LogP contribution in [0.4, 0.5) is 0 Å². The zero-order valence-electron chi connectivity index (χ0n) is 12.1. The average molecular weight is 281 g/mol. The molecule has 3 nitrogen and oxygen atoms in total. The number of nitrogens with two attached hydrogens (primary N) is 1. The van der Waals surface area contributed by atoms with E-state index in [1.165, 1.54) is 43.6 Å². The lowest BCUT2D eigenvalue weighted by atomic mass is 9.96. The van der Waals surface area contributed by atoms with E-state index >= 15 is 0 Å². The molecule has 1 aliphatic carbocycles. The van der Waals surface area contributed by atoms with Gasteiger partial charge in [-0.3, -0.25) is 4.99 Å². The summed E-state index contributed by atoms with van der Waals surface area (Å²) in [4.78, 5) is 6.98. The number of hydrogen-bond acceptors (Lipinski definition) is 2. The highest BCUT2D eigenvalue weighted by Crippen LogP contribution is 2.60. The molecule has 2 heterocycles. The molecule has 2 N–H and O–H groups in total. The summed E-state index contributed by atoms with van der Waals surface area (Å²) in [5.41, 5.74) is 6.83. The Labute approximate surface area is 121 Å². The van der Waals surface area contributed by atoms with E-state index in [0.29, 0.717) is 5.41 Å². The van der Waals surface area contributed by atoms with Crippen molar-refractivity contribution in [1.29, 1.82) is 0 Å². The van der Waals surface area contributed by atoms with Gasteiger partial charge in [-0.15, -0.1) is 0 Å². The Hall–Kier alpha value is -0.380. The summed E-state index contributed by atoms with van der Waals surface area (Å²) in [5, 5.41) is 0. The zero-order chi connectivity index (χ0) is 13.3. The van der Waals surface area contributed by atoms with E-state index in [1.54, 1.807) is 0 Å². The molecule has 4 heteroatoms. The smallest absolute Gasteiger partial charge is 0.191 e. The molecule has 0 aromatic heterocycles. The van der Waals surface area contributed by atoms with Gasteiger partial charge in [0.15, 0.2) is 5.96 Å². The summed E-state index contributed by atoms with van der Waals surface area (Å²) in [6, 6.07) is 0. The van der Waals surface area contributed by atoms with Crippen LogP contribution in [0.2, 0.25) is 0 Å². The van der Waals surface area contributed by atoms with Crippen molar-refractivity contribution in [1.82, 2.24) is 4.90 Å². The first-order chi connectivity index (χ1) is 9.20. The minimum Gasteiger partial charge on any atom is -0.370 e. The van der Waals surface area contributed by atoms with E-state index in [1.807, 2.05) is 0 Å². The van der Waals surface area contributed by atoms with Crippen molar-refractivity contribution in [2.24, 2.45) is 28.0 Å². The number of hydrogen-bond donors (Lipinski definition) is 1. The maximum Gasteiger partial charge on any atom is 0.191 e. The summed E-state index contributed by atoms with van der Waals surface area (Å²) in [6.07, 6.45) is 6.76. The summed E-state index contributed by atoms with van der Waals surface area (Å²) >= 11 is 2.12. The van der Waals surface area contributed by atoms with Crippen LogP contribution in [0.3, 0.4) is 0 Å². The van der Waals surface area contributed by atoms with Crippen molar-refractivity contribution in [3.63, 3.8) is 0 Å². The van der Waals surface area contributed by atoms with Gasteiger partial charge in [0.05, 0.1) is 0 Å². The molecule has 108 valence electrons. The van der Waals surface area contributed by atoms with Crippen molar-refractivity contribution in [3.8, 4) is 0 Å². The molecule has 1 spiro atoms. The highest BCUT2D eigenvalue weighted by molar-refractivity contribution is 7.99. The van der Waals surface area contributed by atoms with E-state index < -0.39 is 0 Å². The van der Waals surface area contributed by atoms with E-state index in [0.717, 1.165) is 37.4 Å². The van der Waals surface area contributed by atoms with Gasteiger partial charge in [-0.25, -0.2) is 0 Å². The molecule has 0 aromatic carbocycles. The second kappa shape index (κ2) is 5.55. The monoisotopic (exact) mass is 281 g/mol. The van der Waals surface area contributed by atoms with Gasteiger partial charge in [-0.1, -0.05) is 6.92 Å². The molecule has 0 amide bonds. The van der Waals surface area contributed by atoms with Gasteiger partial charge in [0, 0.05) is 19.6 Å². The number of thioether (sulfide) groups is 1. The van der Waals surface area contributed by atoms with Crippen molar-refractivity contribution in [2.75, 3.05) is 31.1 Å². The van der Waals surface area contributed by atoms with Gasteiger partial charge >= 0.3 is 0 Å². The minimum absolute atomic E-state index is 0.672. The number of likely N-dealkylation sites (tertiary alicyclic amines) is 1. The number of aliphatic imine (C=N–C) groups is 1. The predicted molar refractivity (Wildman–Crippen MR) is 83.6 cm³/mol. The zero-order valence-corrected chi connectivity index (χ0v) is 12.9. The largest absolute Gasteiger partial charge is 0.370 e. The maximum atomic E-state index is 6.16. The van der Waals surface area contributed by atoms with Crippen LogP contribution in [0, 0.1) is 17.3 Å². The summed E-state index contributed by atoms with van der Waals surface area (Å²) in [5.74, 6) is 5.21. The van der Waals surface area contributed by atoms with Gasteiger partial charge in [0.1, 0.15) is 0 Å². The molecule has 3 fully saturated rings. The molecule has 2 saturated heterocycles. The molecule has 0 bridgehead atoms. The Balaban J connectivity index is 1.47. The van der Waals surface area contributed by atoms with Gasteiger partial charge in [0.2, 0.25) is 0 Å². The molecule has 1 atom stereocenters. The molecule has 3 aliphatic rings. The molecule has 0 radical (unpaired) electrons. The summed E-state index contributed by atoms with van der Waals surface area (Å²) in [7, 11) is 0. The van der Waals surface area contributed by atoms with Crippen molar-refractivity contribution >= 4 is 17.7 Å².